The molecular formula is C14H16N2O4S. The molecule has 0 bridgehead atoms. The molecule has 112 valence electrons. The van der Waals surface area contributed by atoms with Gasteiger partial charge >= 0.3 is 5.97 Å². The number of hydrogen-bond donors (Lipinski definition) is 3. The molecule has 1 aromatic carbocycles. The lowest BCUT2D eigenvalue weighted by Crippen LogP contribution is -2.16. The van der Waals surface area contributed by atoms with Crippen molar-refractivity contribution >= 4 is 21.7 Å². The summed E-state index contributed by atoms with van der Waals surface area (Å²) in [7, 11) is -3.84. The Hall–Kier alpha value is -2.28. The second-order valence-corrected chi connectivity index (χ2v) is 6.57. The maximum absolute atomic E-state index is 12.4. The number of hydrogen-bond acceptors (Lipinski definition) is 3. The van der Waals surface area contributed by atoms with E-state index in [0.717, 1.165) is 5.56 Å². The Bertz CT molecular complexity index is 806. The van der Waals surface area contributed by atoms with Gasteiger partial charge in [-0.3, -0.25) is 4.72 Å². The molecule has 1 heterocycles. The van der Waals surface area contributed by atoms with Crippen molar-refractivity contribution in [1.29, 1.82) is 0 Å². The summed E-state index contributed by atoms with van der Waals surface area (Å²) in [5.41, 5.74) is 1.97. The van der Waals surface area contributed by atoms with Crippen LogP contribution >= 0.6 is 0 Å². The highest BCUT2D eigenvalue weighted by Gasteiger charge is 2.21. The third kappa shape index (κ3) is 3.08. The predicted molar refractivity (Wildman–Crippen MR) is 79.2 cm³/mol. The second kappa shape index (κ2) is 5.25. The van der Waals surface area contributed by atoms with Crippen LogP contribution in [-0.4, -0.2) is 24.5 Å². The van der Waals surface area contributed by atoms with Crippen molar-refractivity contribution in [3.05, 3.63) is 46.8 Å². The van der Waals surface area contributed by atoms with Crippen molar-refractivity contribution in [2.75, 3.05) is 4.72 Å². The summed E-state index contributed by atoms with van der Waals surface area (Å²) in [6.45, 7) is 5.22. The lowest BCUT2D eigenvalue weighted by atomic mass is 10.2. The van der Waals surface area contributed by atoms with Gasteiger partial charge in [0.25, 0.3) is 10.0 Å². The van der Waals surface area contributed by atoms with Gasteiger partial charge in [-0.25, -0.2) is 13.2 Å². The number of aryl methyl sites for hydroxylation is 3. The zero-order chi connectivity index (χ0) is 15.8. The van der Waals surface area contributed by atoms with Crippen LogP contribution in [-0.2, 0) is 10.0 Å². The number of carboxylic acid groups (broad SMARTS) is 1. The number of H-pyrrole nitrogens is 1. The number of anilines is 1. The molecule has 21 heavy (non-hydrogen) atoms. The fourth-order valence-corrected chi connectivity index (χ4v) is 3.43. The van der Waals surface area contributed by atoms with Crippen LogP contribution in [0, 0.1) is 20.8 Å². The third-order valence-corrected chi connectivity index (χ3v) is 4.56. The molecule has 0 saturated carbocycles. The van der Waals surface area contributed by atoms with Gasteiger partial charge in [-0.15, -0.1) is 0 Å². The quantitative estimate of drug-likeness (QED) is 0.807. The third-order valence-electron chi connectivity index (χ3n) is 3.03. The summed E-state index contributed by atoms with van der Waals surface area (Å²) < 4.78 is 27.1. The second-order valence-electron chi connectivity index (χ2n) is 4.92. The molecule has 0 aliphatic carbocycles. The van der Waals surface area contributed by atoms with Crippen molar-refractivity contribution in [3.8, 4) is 0 Å². The van der Waals surface area contributed by atoms with Crippen LogP contribution in [0.15, 0.2) is 29.2 Å². The molecule has 2 aromatic rings. The van der Waals surface area contributed by atoms with E-state index in [2.05, 4.69) is 9.71 Å². The lowest BCUT2D eigenvalue weighted by molar-refractivity contribution is 0.0692. The largest absolute Gasteiger partial charge is 0.477 e. The molecule has 0 radical (unpaired) electrons. The Morgan fingerprint density at radius 2 is 1.86 bits per heavy atom. The molecule has 3 N–H and O–H groups in total. The molecule has 0 spiro atoms. The van der Waals surface area contributed by atoms with Gasteiger partial charge in [-0.1, -0.05) is 17.7 Å². The topological polar surface area (TPSA) is 99.3 Å². The van der Waals surface area contributed by atoms with Gasteiger partial charge in [0.05, 0.1) is 10.6 Å². The molecule has 6 nitrogen and oxygen atoms in total. The molecule has 0 unspecified atom stereocenters. The van der Waals surface area contributed by atoms with Gasteiger partial charge in [0.15, 0.2) is 0 Å². The molecular weight excluding hydrogens is 292 g/mol. The first-order valence-electron chi connectivity index (χ1n) is 6.23. The highest BCUT2D eigenvalue weighted by atomic mass is 32.2. The summed E-state index contributed by atoms with van der Waals surface area (Å²) in [4.78, 5) is 13.8. The minimum atomic E-state index is -3.84. The van der Waals surface area contributed by atoms with Crippen LogP contribution in [0.1, 0.15) is 27.3 Å². The number of aromatic nitrogens is 1. The number of aromatic carboxylic acids is 1. The van der Waals surface area contributed by atoms with Crippen molar-refractivity contribution in [2.45, 2.75) is 25.7 Å². The molecule has 2 rings (SSSR count). The highest BCUT2D eigenvalue weighted by molar-refractivity contribution is 7.92. The van der Waals surface area contributed by atoms with Crippen molar-refractivity contribution in [1.82, 2.24) is 4.98 Å². The highest BCUT2D eigenvalue weighted by Crippen LogP contribution is 2.23. The summed E-state index contributed by atoms with van der Waals surface area (Å²) in [5.74, 6) is -1.22. The Morgan fingerprint density at radius 1 is 1.19 bits per heavy atom. The van der Waals surface area contributed by atoms with E-state index in [9.17, 15) is 13.2 Å². The smallest absolute Gasteiger partial charge is 0.354 e. The number of carbonyl (C=O) groups is 1. The average Bonchev–Trinajstić information content (AvgIpc) is 2.68. The molecule has 0 saturated heterocycles. The predicted octanol–water partition coefficient (Wildman–Crippen LogP) is 2.44. The van der Waals surface area contributed by atoms with Crippen LogP contribution in [0.25, 0.3) is 0 Å². The maximum Gasteiger partial charge on any atom is 0.354 e. The molecule has 7 heteroatoms. The van der Waals surface area contributed by atoms with E-state index in [1.165, 1.54) is 12.1 Å². The first-order valence-corrected chi connectivity index (χ1v) is 7.72. The zero-order valence-corrected chi connectivity index (χ0v) is 12.7. The summed E-state index contributed by atoms with van der Waals surface area (Å²) in [5, 5.41) is 9.07. The van der Waals surface area contributed by atoms with Gasteiger partial charge in [-0.05, 0) is 38.5 Å². The number of rotatable bonds is 4. The van der Waals surface area contributed by atoms with Crippen molar-refractivity contribution in [3.63, 3.8) is 0 Å². The van der Waals surface area contributed by atoms with E-state index in [4.69, 9.17) is 5.11 Å². The molecule has 1 aromatic heterocycles. The SMILES string of the molecule is Cc1ccc(S(=O)(=O)Nc2cc(C)[nH]c2C(=O)O)c(C)c1. The fraction of sp³-hybridized carbons (Fsp3) is 0.214. The summed E-state index contributed by atoms with van der Waals surface area (Å²) >= 11 is 0. The number of nitrogens with one attached hydrogen (secondary N) is 2. The van der Waals surface area contributed by atoms with Gasteiger partial charge in [-0.2, -0.15) is 0 Å². The Labute approximate surface area is 122 Å². The van der Waals surface area contributed by atoms with Gasteiger partial charge in [0.1, 0.15) is 5.69 Å². The number of aromatic amines is 1. The fourth-order valence-electron chi connectivity index (χ4n) is 2.14. The first-order chi connectivity index (χ1) is 9.70. The minimum Gasteiger partial charge on any atom is -0.477 e. The van der Waals surface area contributed by atoms with E-state index in [0.29, 0.717) is 11.3 Å². The summed E-state index contributed by atoms with van der Waals surface area (Å²) in [6, 6.07) is 6.41. The van der Waals surface area contributed by atoms with E-state index < -0.39 is 16.0 Å². The Balaban J connectivity index is 2.45. The van der Waals surface area contributed by atoms with Crippen molar-refractivity contribution in [2.24, 2.45) is 0 Å². The van der Waals surface area contributed by atoms with Gasteiger partial charge in [0.2, 0.25) is 0 Å². The molecule has 0 aliphatic heterocycles. The standard InChI is InChI=1S/C14H16N2O4S/c1-8-4-5-12(9(2)6-8)21(19,20)16-11-7-10(3)15-13(11)14(17)18/h4-7,15-16H,1-3H3,(H,17,18). The average molecular weight is 308 g/mol. The molecule has 0 fully saturated rings. The summed E-state index contributed by atoms with van der Waals surface area (Å²) in [6.07, 6.45) is 0. The van der Waals surface area contributed by atoms with Crippen LogP contribution in [0.2, 0.25) is 0 Å². The van der Waals surface area contributed by atoms with Crippen LogP contribution in [0.3, 0.4) is 0 Å². The lowest BCUT2D eigenvalue weighted by Gasteiger charge is -2.10. The molecule has 0 aliphatic rings. The number of benzene rings is 1. The Kier molecular flexibility index (Phi) is 3.78. The zero-order valence-electron chi connectivity index (χ0n) is 11.9. The van der Waals surface area contributed by atoms with E-state index >= 15 is 0 Å². The van der Waals surface area contributed by atoms with Crippen molar-refractivity contribution < 1.29 is 18.3 Å². The van der Waals surface area contributed by atoms with Crippen LogP contribution in [0.5, 0.6) is 0 Å². The number of carboxylic acids is 1. The van der Waals surface area contributed by atoms with Crippen LogP contribution < -0.4 is 4.72 Å². The first kappa shape index (κ1) is 15.1. The maximum atomic E-state index is 12.4. The minimum absolute atomic E-state index is 0.0278. The van der Waals surface area contributed by atoms with Gasteiger partial charge < -0.3 is 10.1 Å². The monoisotopic (exact) mass is 308 g/mol. The number of sulfonamides is 1. The van der Waals surface area contributed by atoms with E-state index in [1.54, 1.807) is 26.0 Å². The Morgan fingerprint density at radius 3 is 2.43 bits per heavy atom. The molecule has 0 amide bonds. The van der Waals surface area contributed by atoms with Crippen LogP contribution in [0.4, 0.5) is 5.69 Å². The van der Waals surface area contributed by atoms with Gasteiger partial charge in [0, 0.05) is 5.69 Å². The normalized spacial score (nSPS) is 11.4. The van der Waals surface area contributed by atoms with E-state index in [-0.39, 0.29) is 16.3 Å². The molecule has 0 atom stereocenters. The van der Waals surface area contributed by atoms with E-state index in [1.807, 2.05) is 6.92 Å².